The molecule has 0 aliphatic rings. The molecule has 0 fully saturated rings. The molecule has 0 radical (unpaired) electrons. The van der Waals surface area contributed by atoms with Crippen molar-refractivity contribution in [2.75, 3.05) is 0 Å². The summed E-state index contributed by atoms with van der Waals surface area (Å²) in [6, 6.07) is 15.1. The molecule has 2 aromatic carbocycles. The molecule has 0 atom stereocenters. The van der Waals surface area contributed by atoms with Crippen LogP contribution in [0.1, 0.15) is 52.9 Å². The summed E-state index contributed by atoms with van der Waals surface area (Å²) in [7, 11) is 0. The minimum absolute atomic E-state index is 0.545. The molecule has 3 rings (SSSR count). The second kappa shape index (κ2) is 8.60. The summed E-state index contributed by atoms with van der Waals surface area (Å²) in [6.07, 6.45) is 2.03. The van der Waals surface area contributed by atoms with Crippen molar-refractivity contribution in [2.24, 2.45) is 0 Å². The van der Waals surface area contributed by atoms with E-state index in [2.05, 4.69) is 77.9 Å². The summed E-state index contributed by atoms with van der Waals surface area (Å²) in [4.78, 5) is 4.99. The van der Waals surface area contributed by atoms with Gasteiger partial charge in [0.1, 0.15) is 12.4 Å². The van der Waals surface area contributed by atoms with Crippen LogP contribution in [0.15, 0.2) is 42.5 Å². The summed E-state index contributed by atoms with van der Waals surface area (Å²) in [6.45, 7) is 13.5. The highest BCUT2D eigenvalue weighted by Crippen LogP contribution is 2.30. The quantitative estimate of drug-likeness (QED) is 0.480. The van der Waals surface area contributed by atoms with Gasteiger partial charge in [-0.2, -0.15) is 0 Å². The van der Waals surface area contributed by atoms with Crippen LogP contribution in [0, 0.1) is 27.7 Å². The van der Waals surface area contributed by atoms with Crippen molar-refractivity contribution in [2.45, 2.75) is 61.0 Å². The predicted octanol–water partition coefficient (Wildman–Crippen LogP) is 6.69. The first-order chi connectivity index (χ1) is 13.4. The molecule has 28 heavy (non-hydrogen) atoms. The topological polar surface area (TPSA) is 22.1 Å². The van der Waals surface area contributed by atoms with E-state index in [9.17, 15) is 0 Å². The van der Waals surface area contributed by atoms with Gasteiger partial charge in [-0.1, -0.05) is 38.1 Å². The van der Waals surface area contributed by atoms with Crippen molar-refractivity contribution < 1.29 is 4.74 Å². The van der Waals surface area contributed by atoms with Gasteiger partial charge in [0.2, 0.25) is 0 Å². The van der Waals surface area contributed by atoms with Crippen molar-refractivity contribution in [3.63, 3.8) is 0 Å². The predicted molar refractivity (Wildman–Crippen MR) is 118 cm³/mol. The van der Waals surface area contributed by atoms with Crippen LogP contribution in [0.3, 0.4) is 0 Å². The SMILES string of the molecule is CCc1cccc(CC)c1-c1cc(C)c(COc2ccc(C)c(C)c2)c(C)n1. The van der Waals surface area contributed by atoms with Gasteiger partial charge in [-0.3, -0.25) is 4.98 Å². The van der Waals surface area contributed by atoms with Gasteiger partial charge in [-0.15, -0.1) is 0 Å². The van der Waals surface area contributed by atoms with Gasteiger partial charge in [-0.25, -0.2) is 0 Å². The highest BCUT2D eigenvalue weighted by Gasteiger charge is 2.14. The number of pyridine rings is 1. The monoisotopic (exact) mass is 373 g/mol. The molecule has 0 saturated carbocycles. The molecule has 1 heterocycles. The largest absolute Gasteiger partial charge is 0.489 e. The molecule has 1 aromatic heterocycles. The fourth-order valence-corrected chi connectivity index (χ4v) is 3.74. The third kappa shape index (κ3) is 4.11. The second-order valence-corrected chi connectivity index (χ2v) is 7.58. The van der Waals surface area contributed by atoms with E-state index in [1.54, 1.807) is 0 Å². The fraction of sp³-hybridized carbons (Fsp3) is 0.346. The number of aromatic nitrogens is 1. The Bertz CT molecular complexity index is 942. The number of hydrogen-bond acceptors (Lipinski definition) is 2. The van der Waals surface area contributed by atoms with Gasteiger partial charge in [0.15, 0.2) is 0 Å². The number of nitrogens with zero attached hydrogens (tertiary/aromatic N) is 1. The zero-order chi connectivity index (χ0) is 20.3. The van der Waals surface area contributed by atoms with Crippen molar-refractivity contribution in [3.8, 4) is 17.0 Å². The number of aryl methyl sites for hydroxylation is 6. The molecule has 3 aromatic rings. The minimum atomic E-state index is 0.545. The first kappa shape index (κ1) is 20.1. The van der Waals surface area contributed by atoms with Gasteiger partial charge in [-0.05, 0) is 86.6 Å². The summed E-state index contributed by atoms with van der Waals surface area (Å²) < 4.78 is 6.08. The molecule has 0 aliphatic heterocycles. The van der Waals surface area contributed by atoms with E-state index in [0.717, 1.165) is 30.0 Å². The van der Waals surface area contributed by atoms with E-state index < -0.39 is 0 Å². The molecule has 0 saturated heterocycles. The lowest BCUT2D eigenvalue weighted by Crippen LogP contribution is -2.05. The Labute approximate surface area is 169 Å². The lowest BCUT2D eigenvalue weighted by Gasteiger charge is -2.17. The molecule has 0 bridgehead atoms. The number of benzene rings is 2. The summed E-state index contributed by atoms with van der Waals surface area (Å²) in [5.74, 6) is 0.913. The summed E-state index contributed by atoms with van der Waals surface area (Å²) >= 11 is 0. The summed E-state index contributed by atoms with van der Waals surface area (Å²) in [5, 5.41) is 0. The fourth-order valence-electron chi connectivity index (χ4n) is 3.74. The standard InChI is InChI=1S/C26H31NO/c1-7-21-10-9-11-22(8-2)26(21)25-15-19(5)24(20(6)27-25)16-28-23-13-12-17(3)18(4)14-23/h9-15H,7-8,16H2,1-6H3. The molecule has 0 unspecified atom stereocenters. The van der Waals surface area contributed by atoms with Crippen LogP contribution >= 0.6 is 0 Å². The van der Waals surface area contributed by atoms with Crippen LogP contribution in [0.5, 0.6) is 5.75 Å². The van der Waals surface area contributed by atoms with E-state index in [1.165, 1.54) is 38.9 Å². The maximum absolute atomic E-state index is 6.08. The maximum Gasteiger partial charge on any atom is 0.120 e. The van der Waals surface area contributed by atoms with Gasteiger partial charge in [0.05, 0.1) is 5.69 Å². The molecule has 2 nitrogen and oxygen atoms in total. The lowest BCUT2D eigenvalue weighted by atomic mass is 9.93. The van der Waals surface area contributed by atoms with Crippen molar-refractivity contribution in [1.82, 2.24) is 4.98 Å². The molecule has 0 N–H and O–H groups in total. The van der Waals surface area contributed by atoms with Crippen molar-refractivity contribution in [1.29, 1.82) is 0 Å². The first-order valence-electron chi connectivity index (χ1n) is 10.2. The highest BCUT2D eigenvalue weighted by molar-refractivity contribution is 5.69. The van der Waals surface area contributed by atoms with Crippen LogP contribution in [-0.2, 0) is 19.4 Å². The van der Waals surface area contributed by atoms with Gasteiger partial charge in [0.25, 0.3) is 0 Å². The van der Waals surface area contributed by atoms with Crippen LogP contribution in [0.25, 0.3) is 11.3 Å². The number of rotatable bonds is 6. The minimum Gasteiger partial charge on any atom is -0.489 e. The third-order valence-electron chi connectivity index (χ3n) is 5.67. The summed E-state index contributed by atoms with van der Waals surface area (Å²) in [5.41, 5.74) is 11.1. The number of ether oxygens (including phenoxy) is 1. The van der Waals surface area contributed by atoms with Crippen molar-refractivity contribution in [3.05, 3.63) is 81.5 Å². The van der Waals surface area contributed by atoms with E-state index in [0.29, 0.717) is 6.61 Å². The molecule has 0 spiro atoms. The Kier molecular flexibility index (Phi) is 6.18. The maximum atomic E-state index is 6.08. The lowest BCUT2D eigenvalue weighted by molar-refractivity contribution is 0.304. The molecule has 2 heteroatoms. The van der Waals surface area contributed by atoms with Gasteiger partial charge in [0, 0.05) is 16.8 Å². The average Bonchev–Trinajstić information content (AvgIpc) is 2.69. The van der Waals surface area contributed by atoms with Crippen LogP contribution in [-0.4, -0.2) is 4.98 Å². The van der Waals surface area contributed by atoms with Crippen LogP contribution < -0.4 is 4.74 Å². The molecular weight excluding hydrogens is 342 g/mol. The Balaban J connectivity index is 1.93. The molecule has 0 amide bonds. The zero-order valence-electron chi connectivity index (χ0n) is 18.0. The zero-order valence-corrected chi connectivity index (χ0v) is 18.0. The molecule has 0 aliphatic carbocycles. The Morgan fingerprint density at radius 2 is 1.46 bits per heavy atom. The Morgan fingerprint density at radius 1 is 0.786 bits per heavy atom. The number of hydrogen-bond donors (Lipinski definition) is 0. The van der Waals surface area contributed by atoms with Crippen molar-refractivity contribution >= 4 is 0 Å². The van der Waals surface area contributed by atoms with E-state index >= 15 is 0 Å². The Hall–Kier alpha value is -2.61. The van der Waals surface area contributed by atoms with E-state index in [4.69, 9.17) is 9.72 Å². The normalized spacial score (nSPS) is 10.9. The van der Waals surface area contributed by atoms with Gasteiger partial charge < -0.3 is 4.74 Å². The highest BCUT2D eigenvalue weighted by atomic mass is 16.5. The van der Waals surface area contributed by atoms with Crippen LogP contribution in [0.2, 0.25) is 0 Å². The molecule has 146 valence electrons. The van der Waals surface area contributed by atoms with Gasteiger partial charge >= 0.3 is 0 Å². The van der Waals surface area contributed by atoms with Crippen LogP contribution in [0.4, 0.5) is 0 Å². The Morgan fingerprint density at radius 3 is 2.04 bits per heavy atom. The smallest absolute Gasteiger partial charge is 0.120 e. The molecular formula is C26H31NO. The third-order valence-corrected chi connectivity index (χ3v) is 5.67. The first-order valence-corrected chi connectivity index (χ1v) is 10.2. The average molecular weight is 374 g/mol. The van der Waals surface area contributed by atoms with E-state index in [1.807, 2.05) is 6.07 Å². The second-order valence-electron chi connectivity index (χ2n) is 7.58. The van der Waals surface area contributed by atoms with E-state index in [-0.39, 0.29) is 0 Å².